The van der Waals surface area contributed by atoms with Crippen LogP contribution < -0.4 is 9.47 Å². The molecule has 0 fully saturated rings. The molecule has 0 spiro atoms. The van der Waals surface area contributed by atoms with Crippen LogP contribution in [-0.2, 0) is 9.59 Å². The lowest BCUT2D eigenvalue weighted by atomic mass is 10.0. The lowest BCUT2D eigenvalue weighted by molar-refractivity contribution is -0.133. The van der Waals surface area contributed by atoms with Gasteiger partial charge in [0.25, 0.3) is 0 Å². The number of hydrogen-bond donors (Lipinski definition) is 0. The van der Waals surface area contributed by atoms with E-state index in [-0.39, 0.29) is 0 Å². The summed E-state index contributed by atoms with van der Waals surface area (Å²) in [6.07, 6.45) is 5.34. The summed E-state index contributed by atoms with van der Waals surface area (Å²) < 4.78 is 10.3. The number of terminal acetylenes is 1. The van der Waals surface area contributed by atoms with Crippen molar-refractivity contribution in [1.82, 2.24) is 0 Å². The van der Waals surface area contributed by atoms with E-state index in [9.17, 15) is 9.59 Å². The molecule has 4 nitrogen and oxygen atoms in total. The van der Waals surface area contributed by atoms with E-state index in [1.54, 1.807) is 30.3 Å². The third-order valence-electron chi connectivity index (χ3n) is 2.83. The largest absolute Gasteiger partial charge is 0.427 e. The molecule has 0 radical (unpaired) electrons. The first-order valence-corrected chi connectivity index (χ1v) is 6.57. The van der Waals surface area contributed by atoms with E-state index >= 15 is 0 Å². The number of rotatable bonds is 3. The summed E-state index contributed by atoms with van der Waals surface area (Å²) in [5.74, 6) is 2.44. The lowest BCUT2D eigenvalue weighted by Crippen LogP contribution is -2.04. The maximum absolute atomic E-state index is 11.2. The van der Waals surface area contributed by atoms with Gasteiger partial charge in [-0.15, -0.1) is 6.42 Å². The van der Waals surface area contributed by atoms with E-state index in [2.05, 4.69) is 5.92 Å². The molecule has 0 aliphatic rings. The molecule has 0 aromatic heterocycles. The number of esters is 2. The van der Waals surface area contributed by atoms with Gasteiger partial charge in [0.2, 0.25) is 0 Å². The van der Waals surface area contributed by atoms with Crippen LogP contribution in [0, 0.1) is 12.3 Å². The summed E-state index contributed by atoms with van der Waals surface area (Å²) in [5, 5.41) is 0. The predicted molar refractivity (Wildman–Crippen MR) is 82.4 cm³/mol. The van der Waals surface area contributed by atoms with Crippen molar-refractivity contribution in [3.8, 4) is 35.0 Å². The first-order valence-electron chi connectivity index (χ1n) is 6.57. The molecule has 0 atom stereocenters. The van der Waals surface area contributed by atoms with Crippen LogP contribution in [-0.4, -0.2) is 11.9 Å². The van der Waals surface area contributed by atoms with Crippen LogP contribution in [0.4, 0.5) is 0 Å². The molecule has 0 N–H and O–H groups in total. The third-order valence-corrected chi connectivity index (χ3v) is 2.83. The van der Waals surface area contributed by atoms with Gasteiger partial charge in [0.05, 0.1) is 0 Å². The van der Waals surface area contributed by atoms with Crippen LogP contribution in [0.25, 0.3) is 11.1 Å². The normalized spacial score (nSPS) is 9.68. The lowest BCUT2D eigenvalue weighted by Gasteiger charge is -2.11. The smallest absolute Gasteiger partial charge is 0.308 e. The van der Waals surface area contributed by atoms with Crippen LogP contribution >= 0.6 is 0 Å². The molecule has 22 heavy (non-hydrogen) atoms. The highest BCUT2D eigenvalue weighted by atomic mass is 16.5. The first kappa shape index (κ1) is 15.3. The number of hydrogen-bond acceptors (Lipinski definition) is 4. The second kappa shape index (κ2) is 6.59. The molecule has 0 amide bonds. The maximum Gasteiger partial charge on any atom is 0.308 e. The van der Waals surface area contributed by atoms with Crippen molar-refractivity contribution in [1.29, 1.82) is 0 Å². The topological polar surface area (TPSA) is 52.6 Å². The Bertz CT molecular complexity index is 752. The predicted octanol–water partition coefficient (Wildman–Crippen LogP) is 3.19. The highest BCUT2D eigenvalue weighted by Crippen LogP contribution is 2.34. The maximum atomic E-state index is 11.2. The van der Waals surface area contributed by atoms with Gasteiger partial charge in [-0.3, -0.25) is 9.59 Å². The number of carbonyl (C=O) groups is 2. The number of benzene rings is 2. The summed E-state index contributed by atoms with van der Waals surface area (Å²) in [5.41, 5.74) is 2.18. The highest BCUT2D eigenvalue weighted by Gasteiger charge is 2.11. The molecule has 0 bridgehead atoms. The molecule has 0 aliphatic heterocycles. The fourth-order valence-electron chi connectivity index (χ4n) is 1.95. The Balaban J connectivity index is 2.49. The molecule has 0 heterocycles. The SMILES string of the molecule is C#Cc1ccc(-c2cc(OC(C)=O)ccc2OC(C)=O)cc1. The van der Waals surface area contributed by atoms with Crippen molar-refractivity contribution in [2.24, 2.45) is 0 Å². The minimum atomic E-state index is -0.429. The molecular formula is C18H14O4. The van der Waals surface area contributed by atoms with Gasteiger partial charge in [0, 0.05) is 25.0 Å². The highest BCUT2D eigenvalue weighted by molar-refractivity contribution is 5.78. The molecule has 4 heteroatoms. The molecule has 110 valence electrons. The van der Waals surface area contributed by atoms with Gasteiger partial charge in [-0.2, -0.15) is 0 Å². The van der Waals surface area contributed by atoms with Gasteiger partial charge in [0.15, 0.2) is 0 Å². The number of ether oxygens (including phenoxy) is 2. The summed E-state index contributed by atoms with van der Waals surface area (Å²) in [4.78, 5) is 22.3. The van der Waals surface area contributed by atoms with E-state index < -0.39 is 11.9 Å². The van der Waals surface area contributed by atoms with E-state index in [1.165, 1.54) is 13.8 Å². The fourth-order valence-corrected chi connectivity index (χ4v) is 1.95. The van der Waals surface area contributed by atoms with Crippen molar-refractivity contribution in [2.75, 3.05) is 0 Å². The second-order valence-electron chi connectivity index (χ2n) is 4.57. The Morgan fingerprint density at radius 2 is 1.59 bits per heavy atom. The van der Waals surface area contributed by atoms with Crippen LogP contribution in [0.15, 0.2) is 42.5 Å². The van der Waals surface area contributed by atoms with Gasteiger partial charge < -0.3 is 9.47 Å². The Hall–Kier alpha value is -3.06. The van der Waals surface area contributed by atoms with Crippen LogP contribution in [0.3, 0.4) is 0 Å². The average Bonchev–Trinajstić information content (AvgIpc) is 2.48. The van der Waals surface area contributed by atoms with Gasteiger partial charge >= 0.3 is 11.9 Å². The Morgan fingerprint density at radius 3 is 2.14 bits per heavy atom. The number of carbonyl (C=O) groups excluding carboxylic acids is 2. The van der Waals surface area contributed by atoms with E-state index in [4.69, 9.17) is 15.9 Å². The van der Waals surface area contributed by atoms with Gasteiger partial charge in [0.1, 0.15) is 11.5 Å². The monoisotopic (exact) mass is 294 g/mol. The Morgan fingerprint density at radius 1 is 0.955 bits per heavy atom. The van der Waals surface area contributed by atoms with Gasteiger partial charge in [-0.1, -0.05) is 18.1 Å². The molecule has 0 saturated carbocycles. The van der Waals surface area contributed by atoms with Crippen LogP contribution in [0.1, 0.15) is 19.4 Å². The Kier molecular flexibility index (Phi) is 4.60. The standard InChI is InChI=1S/C18H14O4/c1-4-14-5-7-15(8-6-14)17-11-16(21-12(2)19)9-10-18(17)22-13(3)20/h1,5-11H,2-3H3. The zero-order chi connectivity index (χ0) is 16.1. The summed E-state index contributed by atoms with van der Waals surface area (Å²) >= 11 is 0. The summed E-state index contributed by atoms with van der Waals surface area (Å²) in [6, 6.07) is 12.0. The van der Waals surface area contributed by atoms with Crippen molar-refractivity contribution in [3.63, 3.8) is 0 Å². The van der Waals surface area contributed by atoms with Crippen molar-refractivity contribution in [3.05, 3.63) is 48.0 Å². The van der Waals surface area contributed by atoms with E-state index in [0.29, 0.717) is 17.1 Å². The molecule has 2 aromatic carbocycles. The fraction of sp³-hybridized carbons (Fsp3) is 0.111. The zero-order valence-electron chi connectivity index (χ0n) is 12.3. The van der Waals surface area contributed by atoms with Gasteiger partial charge in [-0.25, -0.2) is 0 Å². The summed E-state index contributed by atoms with van der Waals surface area (Å²) in [6.45, 7) is 2.65. The molecule has 0 saturated heterocycles. The van der Waals surface area contributed by atoms with Crippen molar-refractivity contribution < 1.29 is 19.1 Å². The zero-order valence-corrected chi connectivity index (χ0v) is 12.3. The van der Waals surface area contributed by atoms with Gasteiger partial charge in [-0.05, 0) is 35.9 Å². The summed E-state index contributed by atoms with van der Waals surface area (Å²) in [7, 11) is 0. The third kappa shape index (κ3) is 3.74. The van der Waals surface area contributed by atoms with Crippen LogP contribution in [0.5, 0.6) is 11.5 Å². The quantitative estimate of drug-likeness (QED) is 0.495. The minimum absolute atomic E-state index is 0.374. The van der Waals surface area contributed by atoms with Crippen LogP contribution in [0.2, 0.25) is 0 Å². The van der Waals surface area contributed by atoms with Crippen molar-refractivity contribution in [2.45, 2.75) is 13.8 Å². The molecule has 0 aliphatic carbocycles. The molecule has 0 unspecified atom stereocenters. The van der Waals surface area contributed by atoms with E-state index in [1.807, 2.05) is 12.1 Å². The average molecular weight is 294 g/mol. The minimum Gasteiger partial charge on any atom is -0.427 e. The molecular weight excluding hydrogens is 280 g/mol. The Labute approximate surface area is 128 Å². The molecule has 2 rings (SSSR count). The first-order chi connectivity index (χ1) is 10.5. The van der Waals surface area contributed by atoms with E-state index in [0.717, 1.165) is 11.1 Å². The molecule has 2 aromatic rings. The van der Waals surface area contributed by atoms with Crippen molar-refractivity contribution >= 4 is 11.9 Å². The second-order valence-corrected chi connectivity index (χ2v) is 4.57.